The van der Waals surface area contributed by atoms with Gasteiger partial charge in [0.2, 0.25) is 0 Å². The fraction of sp³-hybridized carbons (Fsp3) is 0.160. The van der Waals surface area contributed by atoms with Crippen molar-refractivity contribution < 1.29 is 4.57 Å². The number of fused-ring (bicyclic) bond motifs is 7. The molecular weight excluding hydrogens is 671 g/mol. The Hall–Kier alpha value is -6.46. The zero-order chi connectivity index (χ0) is 37.6. The number of rotatable bonds is 4. The molecule has 55 heavy (non-hydrogen) atoms. The van der Waals surface area contributed by atoms with Gasteiger partial charge in [0.1, 0.15) is 11.3 Å². The maximum absolute atomic E-state index is 5.71. The van der Waals surface area contributed by atoms with Gasteiger partial charge in [-0.25, -0.2) is 4.98 Å². The summed E-state index contributed by atoms with van der Waals surface area (Å²) in [5.41, 5.74) is 13.2. The Bertz CT molecular complexity index is 3090. The van der Waals surface area contributed by atoms with Gasteiger partial charge in [-0.2, -0.15) is 0 Å². The first kappa shape index (κ1) is 33.1. The molecule has 0 aliphatic rings. The summed E-state index contributed by atoms with van der Waals surface area (Å²) in [6.45, 7) is 13.8. The van der Waals surface area contributed by atoms with Crippen molar-refractivity contribution in [2.75, 3.05) is 0 Å². The number of para-hydroxylation sites is 5. The molecule has 0 bridgehead atoms. The Labute approximate surface area is 321 Å². The van der Waals surface area contributed by atoms with Gasteiger partial charge in [0.15, 0.2) is 0 Å². The molecule has 0 radical (unpaired) electrons. The lowest BCUT2D eigenvalue weighted by Gasteiger charge is -2.22. The number of pyridine rings is 1. The molecule has 268 valence electrons. The highest BCUT2D eigenvalue weighted by Crippen LogP contribution is 2.45. The third kappa shape index (κ3) is 5.14. The zero-order valence-electron chi connectivity index (χ0n) is 32.2. The minimum atomic E-state index is -0.181. The van der Waals surface area contributed by atoms with E-state index in [2.05, 4.69) is 218 Å². The highest BCUT2D eigenvalue weighted by Gasteiger charge is 2.30. The molecule has 5 nitrogen and oxygen atoms in total. The Morgan fingerprint density at radius 1 is 0.491 bits per heavy atom. The van der Waals surface area contributed by atoms with Crippen LogP contribution in [0.15, 0.2) is 152 Å². The lowest BCUT2D eigenvalue weighted by molar-refractivity contribution is -0.572. The summed E-state index contributed by atoms with van der Waals surface area (Å²) in [5, 5.41) is 4.83. The van der Waals surface area contributed by atoms with E-state index in [4.69, 9.17) is 4.98 Å². The van der Waals surface area contributed by atoms with Crippen LogP contribution in [0, 0.1) is 6.33 Å². The van der Waals surface area contributed by atoms with Crippen LogP contribution in [-0.2, 0) is 10.8 Å². The third-order valence-corrected chi connectivity index (χ3v) is 11.1. The van der Waals surface area contributed by atoms with E-state index < -0.39 is 0 Å². The first-order valence-electron chi connectivity index (χ1n) is 19.2. The molecular formula is C50H43N5. The summed E-state index contributed by atoms with van der Waals surface area (Å²) in [4.78, 5) is 5.71. The summed E-state index contributed by atoms with van der Waals surface area (Å²) in [5.74, 6) is 0. The van der Waals surface area contributed by atoms with Crippen LogP contribution in [-0.4, -0.2) is 18.7 Å². The number of hydrogen-bond donors (Lipinski definition) is 0. The first-order chi connectivity index (χ1) is 26.6. The minimum absolute atomic E-state index is 0.0839. The third-order valence-electron chi connectivity index (χ3n) is 11.1. The van der Waals surface area contributed by atoms with Gasteiger partial charge in [-0.3, -0.25) is 18.3 Å². The van der Waals surface area contributed by atoms with Crippen LogP contribution in [0.1, 0.15) is 52.7 Å². The van der Waals surface area contributed by atoms with Crippen molar-refractivity contribution in [3.63, 3.8) is 0 Å². The van der Waals surface area contributed by atoms with Gasteiger partial charge in [-0.05, 0) is 76.6 Å². The molecule has 4 aromatic heterocycles. The van der Waals surface area contributed by atoms with Crippen molar-refractivity contribution in [3.05, 3.63) is 169 Å². The molecule has 0 aliphatic carbocycles. The molecule has 0 saturated carbocycles. The van der Waals surface area contributed by atoms with Gasteiger partial charge >= 0.3 is 0 Å². The van der Waals surface area contributed by atoms with E-state index in [-0.39, 0.29) is 10.8 Å². The second kappa shape index (κ2) is 12.0. The van der Waals surface area contributed by atoms with Crippen molar-refractivity contribution in [2.24, 2.45) is 0 Å². The number of imidazole rings is 1. The van der Waals surface area contributed by atoms with E-state index in [1.54, 1.807) is 0 Å². The minimum Gasteiger partial charge on any atom is -0.294 e. The monoisotopic (exact) mass is 713 g/mol. The number of hydrogen-bond acceptors (Lipinski definition) is 1. The summed E-state index contributed by atoms with van der Waals surface area (Å²) < 4.78 is 9.06. The lowest BCUT2D eigenvalue weighted by Crippen LogP contribution is -2.29. The highest BCUT2D eigenvalue weighted by molar-refractivity contribution is 6.20. The van der Waals surface area contributed by atoms with Gasteiger partial charge in [0.05, 0.1) is 33.4 Å². The molecule has 4 heterocycles. The molecule has 0 saturated heterocycles. The highest BCUT2D eigenvalue weighted by atomic mass is 15.1. The van der Waals surface area contributed by atoms with Crippen molar-refractivity contribution in [1.29, 1.82) is 0 Å². The zero-order valence-corrected chi connectivity index (χ0v) is 32.2. The Morgan fingerprint density at radius 2 is 1.02 bits per heavy atom. The van der Waals surface area contributed by atoms with E-state index in [0.717, 1.165) is 56.1 Å². The van der Waals surface area contributed by atoms with Crippen LogP contribution in [0.5, 0.6) is 0 Å². The average Bonchev–Trinajstić information content (AvgIpc) is 3.85. The standard InChI is InChI=1S/C50H43N5/c1-49(2,3)33-27-29-34(30-28-33)52-32-53(43-26-15-14-25-42(43)52)36-19-16-20-37(31-36)55-41-24-13-11-22-39(41)45-46(50(4,5)6)44-38-21-10-12-23-40(38)54(47(44)51-48(45)55)35-17-8-7-9-18-35/h7-31H,1-6H3. The van der Waals surface area contributed by atoms with E-state index in [0.29, 0.717) is 0 Å². The maximum atomic E-state index is 5.71. The fourth-order valence-electron chi connectivity index (χ4n) is 8.56. The maximum Gasteiger partial charge on any atom is 0.269 e. The van der Waals surface area contributed by atoms with Gasteiger partial charge < -0.3 is 0 Å². The van der Waals surface area contributed by atoms with Crippen molar-refractivity contribution in [3.8, 4) is 22.7 Å². The second-order valence-electron chi connectivity index (χ2n) is 16.8. The number of nitrogens with zero attached hydrogens (tertiary/aromatic N) is 5. The molecule has 0 fully saturated rings. The molecule has 0 unspecified atom stereocenters. The summed E-state index contributed by atoms with van der Waals surface area (Å²) in [6, 6.07) is 54.4. The van der Waals surface area contributed by atoms with Crippen LogP contribution in [0.3, 0.4) is 0 Å². The molecule has 5 heteroatoms. The second-order valence-corrected chi connectivity index (χ2v) is 16.8. The van der Waals surface area contributed by atoms with E-state index >= 15 is 0 Å². The quantitative estimate of drug-likeness (QED) is 0.132. The van der Waals surface area contributed by atoms with E-state index in [9.17, 15) is 0 Å². The Balaban J connectivity index is 1.25. The Morgan fingerprint density at radius 3 is 1.64 bits per heavy atom. The molecule has 0 amide bonds. The smallest absolute Gasteiger partial charge is 0.269 e. The van der Waals surface area contributed by atoms with E-state index in [1.165, 1.54) is 32.7 Å². The predicted octanol–water partition coefficient (Wildman–Crippen LogP) is 11.9. The summed E-state index contributed by atoms with van der Waals surface area (Å²) in [6.07, 6.45) is 3.73. The van der Waals surface area contributed by atoms with Gasteiger partial charge in [0, 0.05) is 32.9 Å². The number of benzene rings is 6. The molecule has 10 rings (SSSR count). The molecule has 6 aromatic carbocycles. The Kier molecular flexibility index (Phi) is 7.24. The molecule has 10 aromatic rings. The molecule has 0 atom stereocenters. The van der Waals surface area contributed by atoms with Crippen molar-refractivity contribution in [1.82, 2.24) is 18.7 Å². The largest absolute Gasteiger partial charge is 0.294 e. The van der Waals surface area contributed by atoms with Crippen molar-refractivity contribution >= 4 is 54.9 Å². The summed E-state index contributed by atoms with van der Waals surface area (Å²) >= 11 is 0. The van der Waals surface area contributed by atoms with Crippen LogP contribution >= 0.6 is 0 Å². The summed E-state index contributed by atoms with van der Waals surface area (Å²) in [7, 11) is 0. The van der Waals surface area contributed by atoms with Crippen LogP contribution in [0.4, 0.5) is 0 Å². The van der Waals surface area contributed by atoms with Crippen LogP contribution in [0.25, 0.3) is 77.7 Å². The van der Waals surface area contributed by atoms with Gasteiger partial charge in [0.25, 0.3) is 6.33 Å². The van der Waals surface area contributed by atoms with E-state index in [1.807, 2.05) is 0 Å². The molecule has 0 spiro atoms. The van der Waals surface area contributed by atoms with Crippen molar-refractivity contribution in [2.45, 2.75) is 52.4 Å². The fourth-order valence-corrected chi connectivity index (χ4v) is 8.56. The lowest BCUT2D eigenvalue weighted by atomic mass is 9.82. The topological polar surface area (TPSA) is 31.6 Å². The van der Waals surface area contributed by atoms with Gasteiger partial charge in [-0.15, -0.1) is 0 Å². The normalized spacial score (nSPS) is 12.5. The molecule has 0 aliphatic heterocycles. The molecule has 0 N–H and O–H groups in total. The predicted molar refractivity (Wildman–Crippen MR) is 228 cm³/mol. The first-order valence-corrected chi connectivity index (χ1v) is 19.2. The average molecular weight is 714 g/mol. The van der Waals surface area contributed by atoms with Crippen LogP contribution in [0.2, 0.25) is 0 Å². The van der Waals surface area contributed by atoms with Gasteiger partial charge in [-0.1, -0.05) is 139 Å². The van der Waals surface area contributed by atoms with Crippen LogP contribution < -0.4 is 4.57 Å². The SMILES string of the molecule is CC(C)(C)c1ccc(-[n+]2[c-]n(-c3cccc(-n4c5ccccc5c5c(C(C)(C)C)c6c7ccccc7n(-c7ccccc7)c6nc54)c3)c3ccccc32)cc1. The number of aromatic nitrogens is 5.